The first-order valence-corrected chi connectivity index (χ1v) is 8.89. The Morgan fingerprint density at radius 2 is 2.13 bits per heavy atom. The van der Waals surface area contributed by atoms with E-state index in [0.717, 1.165) is 0 Å². The van der Waals surface area contributed by atoms with Gasteiger partial charge in [-0.25, -0.2) is 18.2 Å². The largest absolute Gasteiger partial charge is 0.383 e. The molecular weight excluding hydrogens is 322 g/mol. The average Bonchev–Trinajstić information content (AvgIpc) is 2.81. The molecule has 9 nitrogen and oxygen atoms in total. The molecule has 1 aromatic heterocycles. The van der Waals surface area contributed by atoms with Gasteiger partial charge in [0.15, 0.2) is 5.03 Å². The molecule has 10 heteroatoms. The fraction of sp³-hybridized carbons (Fsp3) is 0.692. The van der Waals surface area contributed by atoms with E-state index in [1.165, 1.54) is 16.8 Å². The molecule has 1 fully saturated rings. The number of aromatic nitrogens is 2. The highest BCUT2D eigenvalue weighted by molar-refractivity contribution is 7.89. The first-order valence-electron chi connectivity index (χ1n) is 7.45. The Morgan fingerprint density at radius 1 is 1.35 bits per heavy atom. The van der Waals surface area contributed by atoms with Crippen LogP contribution in [0.2, 0.25) is 0 Å². The van der Waals surface area contributed by atoms with Crippen molar-refractivity contribution in [1.82, 2.24) is 24.1 Å². The molecule has 0 atom stereocenters. The zero-order valence-electron chi connectivity index (χ0n) is 13.4. The summed E-state index contributed by atoms with van der Waals surface area (Å²) in [5.74, 6) is 0. The Kier molecular flexibility index (Phi) is 5.97. The summed E-state index contributed by atoms with van der Waals surface area (Å²) in [6, 6.07) is -0.195. The molecule has 0 bridgehead atoms. The summed E-state index contributed by atoms with van der Waals surface area (Å²) in [5, 5.41) is 2.79. The van der Waals surface area contributed by atoms with Crippen molar-refractivity contribution in [2.24, 2.45) is 7.05 Å². The molecule has 0 unspecified atom stereocenters. The number of amides is 2. The number of carbonyl (C=O) groups excluding carboxylic acids is 1. The van der Waals surface area contributed by atoms with Crippen molar-refractivity contribution in [3.05, 3.63) is 12.5 Å². The summed E-state index contributed by atoms with van der Waals surface area (Å²) in [4.78, 5) is 17.6. The zero-order chi connectivity index (χ0) is 16.9. The van der Waals surface area contributed by atoms with E-state index in [1.54, 1.807) is 23.6 Å². The van der Waals surface area contributed by atoms with E-state index in [9.17, 15) is 13.2 Å². The fourth-order valence-corrected chi connectivity index (χ4v) is 3.80. The van der Waals surface area contributed by atoms with Crippen molar-refractivity contribution in [1.29, 1.82) is 0 Å². The van der Waals surface area contributed by atoms with E-state index in [1.807, 2.05) is 0 Å². The third-order valence-electron chi connectivity index (χ3n) is 3.61. The quantitative estimate of drug-likeness (QED) is 0.724. The van der Waals surface area contributed by atoms with E-state index in [-0.39, 0.29) is 17.6 Å². The van der Waals surface area contributed by atoms with Crippen LogP contribution in [0.25, 0.3) is 0 Å². The van der Waals surface area contributed by atoms with Crippen molar-refractivity contribution >= 4 is 16.1 Å². The van der Waals surface area contributed by atoms with Crippen LogP contribution in [0.3, 0.4) is 0 Å². The lowest BCUT2D eigenvalue weighted by molar-refractivity contribution is 0.181. The van der Waals surface area contributed by atoms with Gasteiger partial charge in [-0.05, 0) is 6.42 Å². The smallest absolute Gasteiger partial charge is 0.317 e. The molecule has 23 heavy (non-hydrogen) atoms. The van der Waals surface area contributed by atoms with E-state index >= 15 is 0 Å². The molecule has 0 saturated carbocycles. The van der Waals surface area contributed by atoms with Crippen molar-refractivity contribution in [3.8, 4) is 0 Å². The van der Waals surface area contributed by atoms with Gasteiger partial charge in [-0.15, -0.1) is 0 Å². The van der Waals surface area contributed by atoms with Crippen LogP contribution in [0.15, 0.2) is 17.6 Å². The molecule has 0 aliphatic carbocycles. The summed E-state index contributed by atoms with van der Waals surface area (Å²) in [5.41, 5.74) is 0. The molecule has 1 N–H and O–H groups in total. The van der Waals surface area contributed by atoms with Gasteiger partial charge >= 0.3 is 6.03 Å². The monoisotopic (exact) mass is 345 g/mol. The van der Waals surface area contributed by atoms with Gasteiger partial charge in [0.05, 0.1) is 12.9 Å². The highest BCUT2D eigenvalue weighted by atomic mass is 32.2. The molecule has 2 rings (SSSR count). The number of carbonyl (C=O) groups is 1. The lowest BCUT2D eigenvalue weighted by Gasteiger charge is -2.21. The second-order valence-corrected chi connectivity index (χ2v) is 7.23. The Bertz CT molecular complexity index is 630. The van der Waals surface area contributed by atoms with E-state index in [0.29, 0.717) is 39.2 Å². The molecule has 1 aliphatic rings. The number of nitrogens with one attached hydrogen (secondary N) is 1. The van der Waals surface area contributed by atoms with Crippen LogP contribution in [-0.2, 0) is 21.8 Å². The zero-order valence-corrected chi connectivity index (χ0v) is 14.3. The summed E-state index contributed by atoms with van der Waals surface area (Å²) >= 11 is 0. The van der Waals surface area contributed by atoms with Crippen molar-refractivity contribution in [2.75, 3.05) is 46.4 Å². The molecule has 1 aromatic rings. The highest BCUT2D eigenvalue weighted by Crippen LogP contribution is 2.15. The predicted molar refractivity (Wildman–Crippen MR) is 83.4 cm³/mol. The van der Waals surface area contributed by atoms with Crippen molar-refractivity contribution < 1.29 is 17.9 Å². The van der Waals surface area contributed by atoms with Gasteiger partial charge in [0.25, 0.3) is 10.0 Å². The van der Waals surface area contributed by atoms with Crippen molar-refractivity contribution in [2.45, 2.75) is 11.4 Å². The number of ether oxygens (including phenoxy) is 1. The standard InChI is InChI=1S/C13H23N5O4S/c1-16-10-12(15-11-16)23(20,21)18-6-3-5-17(7-8-18)13(19)14-4-9-22-2/h10-11H,3-9H2,1-2H3,(H,14,19). The maximum atomic E-state index is 12.6. The van der Waals surface area contributed by atoms with E-state index in [2.05, 4.69) is 10.3 Å². The third kappa shape index (κ3) is 4.43. The normalized spacial score (nSPS) is 17.0. The number of hydrogen-bond acceptors (Lipinski definition) is 5. The number of urea groups is 1. The van der Waals surface area contributed by atoms with Crippen LogP contribution in [0.5, 0.6) is 0 Å². The summed E-state index contributed by atoms with van der Waals surface area (Å²) < 4.78 is 33.0. The third-order valence-corrected chi connectivity index (χ3v) is 5.39. The lowest BCUT2D eigenvalue weighted by atomic mass is 10.4. The highest BCUT2D eigenvalue weighted by Gasteiger charge is 2.29. The summed E-state index contributed by atoms with van der Waals surface area (Å²) in [7, 11) is -0.321. The second kappa shape index (κ2) is 7.75. The topological polar surface area (TPSA) is 96.8 Å². The molecule has 2 heterocycles. The first-order chi connectivity index (χ1) is 10.9. The molecule has 130 valence electrons. The van der Waals surface area contributed by atoms with Gasteiger partial charge in [0.1, 0.15) is 0 Å². The molecule has 0 aromatic carbocycles. The minimum absolute atomic E-state index is 0.0398. The Morgan fingerprint density at radius 3 is 2.78 bits per heavy atom. The van der Waals surface area contributed by atoms with E-state index < -0.39 is 10.0 Å². The number of aryl methyl sites for hydroxylation is 1. The Balaban J connectivity index is 1.97. The predicted octanol–water partition coefficient (Wildman–Crippen LogP) is -0.527. The molecule has 0 spiro atoms. The van der Waals surface area contributed by atoms with Gasteiger partial charge in [-0.3, -0.25) is 0 Å². The fourth-order valence-electron chi connectivity index (χ4n) is 2.36. The minimum Gasteiger partial charge on any atom is -0.383 e. The van der Waals surface area contributed by atoms with Crippen LogP contribution in [0.4, 0.5) is 4.79 Å². The Hall–Kier alpha value is -1.65. The number of rotatable bonds is 5. The van der Waals surface area contributed by atoms with E-state index in [4.69, 9.17) is 4.74 Å². The second-order valence-electron chi connectivity index (χ2n) is 5.35. The lowest BCUT2D eigenvalue weighted by Crippen LogP contribution is -2.43. The Labute approximate surface area is 136 Å². The SMILES string of the molecule is COCCNC(=O)N1CCCN(S(=O)(=O)c2cn(C)cn2)CC1. The maximum absolute atomic E-state index is 12.6. The first kappa shape index (κ1) is 17.7. The van der Waals surface area contributed by atoms with Crippen LogP contribution < -0.4 is 5.32 Å². The van der Waals surface area contributed by atoms with Gasteiger partial charge < -0.3 is 19.5 Å². The molecule has 0 radical (unpaired) electrons. The number of methoxy groups -OCH3 is 1. The van der Waals surface area contributed by atoms with Crippen LogP contribution in [0.1, 0.15) is 6.42 Å². The molecular formula is C13H23N5O4S. The average molecular weight is 345 g/mol. The molecule has 2 amide bonds. The summed E-state index contributed by atoms with van der Waals surface area (Å²) in [6.07, 6.45) is 3.53. The maximum Gasteiger partial charge on any atom is 0.317 e. The van der Waals surface area contributed by atoms with Crippen LogP contribution in [-0.4, -0.2) is 79.6 Å². The molecule has 1 saturated heterocycles. The number of imidazole rings is 1. The summed E-state index contributed by atoms with van der Waals surface area (Å²) in [6.45, 7) is 2.39. The van der Waals surface area contributed by atoms with Gasteiger partial charge in [0.2, 0.25) is 0 Å². The van der Waals surface area contributed by atoms with Gasteiger partial charge in [0, 0.05) is 53.1 Å². The molecule has 1 aliphatic heterocycles. The van der Waals surface area contributed by atoms with Gasteiger partial charge in [-0.1, -0.05) is 0 Å². The number of sulfonamides is 1. The number of hydrogen-bond donors (Lipinski definition) is 1. The van der Waals surface area contributed by atoms with Crippen LogP contribution in [0, 0.1) is 0 Å². The minimum atomic E-state index is -3.61. The number of nitrogens with zero attached hydrogens (tertiary/aromatic N) is 4. The van der Waals surface area contributed by atoms with Crippen LogP contribution >= 0.6 is 0 Å². The van der Waals surface area contributed by atoms with Crippen molar-refractivity contribution in [3.63, 3.8) is 0 Å². The van der Waals surface area contributed by atoms with Gasteiger partial charge in [-0.2, -0.15) is 4.31 Å².